The normalized spacial score (nSPS) is 10.3. The molecule has 1 N–H and O–H groups in total. The molecule has 0 heterocycles. The summed E-state index contributed by atoms with van der Waals surface area (Å²) in [6, 6.07) is 0. The van der Waals surface area contributed by atoms with Crippen LogP contribution in [0.15, 0.2) is 0 Å². The van der Waals surface area contributed by atoms with Crippen LogP contribution in [0.25, 0.3) is 0 Å². The fraction of sp³-hybridized carbons (Fsp3) is 0.452. The Morgan fingerprint density at radius 2 is 0.953 bits per heavy atom. The zero-order valence-corrected chi connectivity index (χ0v) is 24.3. The van der Waals surface area contributed by atoms with Crippen LogP contribution in [0.5, 0.6) is 0 Å². The molecule has 0 bridgehead atoms. The van der Waals surface area contributed by atoms with E-state index in [4.69, 9.17) is 38.5 Å². The van der Waals surface area contributed by atoms with E-state index in [1.165, 1.54) is 4.90 Å². The Balaban J connectivity index is 5.74. The van der Waals surface area contributed by atoms with E-state index >= 15 is 0 Å². The van der Waals surface area contributed by atoms with Crippen molar-refractivity contribution in [2.75, 3.05) is 78.5 Å². The van der Waals surface area contributed by atoms with Crippen molar-refractivity contribution in [3.63, 3.8) is 0 Å². The molecule has 1 unspecified atom stereocenters. The van der Waals surface area contributed by atoms with Gasteiger partial charge in [0.25, 0.3) is 0 Å². The number of amides is 5. The topological polar surface area (TPSA) is 125 Å². The van der Waals surface area contributed by atoms with Gasteiger partial charge in [-0.1, -0.05) is 42.4 Å². The molecule has 0 aromatic rings. The third-order valence-electron chi connectivity index (χ3n) is 5.81. The molecule has 226 valence electrons. The van der Waals surface area contributed by atoms with Crippen molar-refractivity contribution in [2.24, 2.45) is 0 Å². The molecule has 0 aliphatic heterocycles. The summed E-state index contributed by atoms with van der Waals surface area (Å²) in [5.74, 6) is 11.1. The summed E-state index contributed by atoms with van der Waals surface area (Å²) < 4.78 is 0. The van der Waals surface area contributed by atoms with E-state index in [2.05, 4.69) is 35.5 Å². The molecule has 0 radical (unpaired) electrons. The van der Waals surface area contributed by atoms with Crippen LogP contribution in [0.4, 0.5) is 0 Å². The van der Waals surface area contributed by atoms with E-state index in [1.807, 2.05) is 0 Å². The van der Waals surface area contributed by atoms with Gasteiger partial charge in [-0.15, -0.1) is 38.5 Å². The van der Waals surface area contributed by atoms with Gasteiger partial charge in [0.2, 0.25) is 30.0 Å². The van der Waals surface area contributed by atoms with Gasteiger partial charge in [-0.3, -0.25) is 28.9 Å². The van der Waals surface area contributed by atoms with Gasteiger partial charge in [0.1, 0.15) is 32.4 Å². The van der Waals surface area contributed by atoms with Gasteiger partial charge in [0, 0.05) is 0 Å². The van der Waals surface area contributed by atoms with Crippen LogP contribution in [-0.4, -0.2) is 149 Å². The lowest BCUT2D eigenvalue weighted by atomic mass is 10.3. The lowest BCUT2D eigenvalue weighted by Gasteiger charge is -2.31. The molecule has 12 heteroatoms. The minimum absolute atomic E-state index is 0.131. The Hall–Kier alpha value is -5.37. The predicted octanol–water partition coefficient (Wildman–Crippen LogP) is -2.80. The second-order valence-corrected chi connectivity index (χ2v) is 8.80. The Labute approximate surface area is 254 Å². The Morgan fingerprint density at radius 3 is 1.30 bits per heavy atom. The maximum Gasteiger partial charge on any atom is 0.243 e. The summed E-state index contributed by atoms with van der Waals surface area (Å²) in [6.45, 7) is -1.05. The summed E-state index contributed by atoms with van der Waals surface area (Å²) in [4.78, 5) is 70.0. The maximum atomic E-state index is 13.2. The van der Waals surface area contributed by atoms with Gasteiger partial charge >= 0.3 is 0 Å². The number of aliphatic hydroxyl groups excluding tert-OH is 1. The Bertz CT molecular complexity index is 1240. The highest BCUT2D eigenvalue weighted by atomic mass is 16.3. The van der Waals surface area contributed by atoms with Gasteiger partial charge in [-0.05, 0) is 6.54 Å². The first kappa shape index (κ1) is 37.6. The summed E-state index contributed by atoms with van der Waals surface area (Å²) in [5, 5.41) is 10.5. The van der Waals surface area contributed by atoms with E-state index < -0.39 is 56.0 Å². The number of aliphatic hydroxyl groups is 1. The maximum absolute atomic E-state index is 13.2. The van der Waals surface area contributed by atoms with Gasteiger partial charge in [-0.25, -0.2) is 0 Å². The van der Waals surface area contributed by atoms with Crippen molar-refractivity contribution >= 4 is 30.0 Å². The van der Waals surface area contributed by atoms with Crippen LogP contribution in [0.1, 0.15) is 6.92 Å². The summed E-state index contributed by atoms with van der Waals surface area (Å²) in [5.41, 5.74) is 0. The van der Waals surface area contributed by atoms with E-state index in [-0.39, 0.29) is 45.8 Å². The van der Waals surface area contributed by atoms with Crippen LogP contribution >= 0.6 is 0 Å². The van der Waals surface area contributed by atoms with Crippen LogP contribution in [0, 0.1) is 74.1 Å². The number of carbonyl (C=O) groups is 5. The standard InChI is InChI=1S/C31H36N6O6/c1-8-15-32(26-38)21-27(39)34(17-10-3)23-29(41)36(19-12-5)25-31(43)37(20-13-6)24-30(42)35(18-11-4)22-28(40)33(14-7)16-9-2/h1-6,26,28,40H,14-25H2,7H3. The average molecular weight is 589 g/mol. The smallest absolute Gasteiger partial charge is 0.243 e. The Morgan fingerprint density at radius 1 is 0.605 bits per heavy atom. The molecule has 0 saturated heterocycles. The van der Waals surface area contributed by atoms with Gasteiger partial charge in [0.15, 0.2) is 0 Å². The summed E-state index contributed by atoms with van der Waals surface area (Å²) in [6.07, 6.45) is 31.4. The van der Waals surface area contributed by atoms with E-state index in [0.29, 0.717) is 13.0 Å². The molecular weight excluding hydrogens is 552 g/mol. The highest BCUT2D eigenvalue weighted by Gasteiger charge is 2.27. The lowest BCUT2D eigenvalue weighted by Crippen LogP contribution is -2.52. The van der Waals surface area contributed by atoms with Crippen molar-refractivity contribution in [1.82, 2.24) is 29.4 Å². The van der Waals surface area contributed by atoms with Crippen molar-refractivity contribution < 1.29 is 29.1 Å². The second kappa shape index (κ2) is 21.4. The molecule has 1 atom stereocenters. The summed E-state index contributed by atoms with van der Waals surface area (Å²) >= 11 is 0. The molecule has 0 aromatic heterocycles. The number of terminal acetylenes is 6. The SMILES string of the molecule is C#CCN(C=O)CC(=O)N(CC#C)CC(=O)N(CC#C)CC(=O)N(CC#C)CC(=O)N(CC#C)CC(O)N(CC)CC#C. The molecule has 0 aromatic carbocycles. The van der Waals surface area contributed by atoms with Gasteiger partial charge in [-0.2, -0.15) is 0 Å². The van der Waals surface area contributed by atoms with Crippen molar-refractivity contribution in [2.45, 2.75) is 13.2 Å². The minimum Gasteiger partial charge on any atom is -0.376 e. The first-order valence-corrected chi connectivity index (χ1v) is 12.9. The predicted molar refractivity (Wildman–Crippen MR) is 160 cm³/mol. The van der Waals surface area contributed by atoms with Crippen molar-refractivity contribution in [3.05, 3.63) is 0 Å². The molecule has 0 aliphatic rings. The van der Waals surface area contributed by atoms with Crippen LogP contribution in [0.3, 0.4) is 0 Å². The third kappa shape index (κ3) is 13.7. The molecule has 0 rings (SSSR count). The van der Waals surface area contributed by atoms with E-state index in [1.54, 1.807) is 11.8 Å². The van der Waals surface area contributed by atoms with Crippen molar-refractivity contribution in [3.8, 4) is 74.1 Å². The quantitative estimate of drug-likeness (QED) is 0.0982. The zero-order chi connectivity index (χ0) is 32.8. The number of carbonyl (C=O) groups excluding carboxylic acids is 5. The number of nitrogens with zero attached hydrogens (tertiary/aromatic N) is 6. The lowest BCUT2D eigenvalue weighted by molar-refractivity contribution is -0.146. The number of hydrogen-bond donors (Lipinski definition) is 1. The van der Waals surface area contributed by atoms with Crippen molar-refractivity contribution in [1.29, 1.82) is 0 Å². The van der Waals surface area contributed by atoms with Crippen LogP contribution in [0.2, 0.25) is 0 Å². The van der Waals surface area contributed by atoms with Gasteiger partial charge in [0.05, 0.1) is 45.8 Å². The average Bonchev–Trinajstić information content (AvgIpc) is 2.98. The monoisotopic (exact) mass is 588 g/mol. The van der Waals surface area contributed by atoms with Gasteiger partial charge < -0.3 is 29.6 Å². The minimum atomic E-state index is -1.11. The molecule has 12 nitrogen and oxygen atoms in total. The molecule has 0 saturated carbocycles. The highest BCUT2D eigenvalue weighted by molar-refractivity contribution is 5.91. The first-order valence-electron chi connectivity index (χ1n) is 12.9. The largest absolute Gasteiger partial charge is 0.376 e. The molecule has 0 spiro atoms. The number of rotatable bonds is 19. The number of likely N-dealkylation sites (N-methyl/N-ethyl adjacent to an activating group) is 1. The molecule has 43 heavy (non-hydrogen) atoms. The van der Waals surface area contributed by atoms with E-state index in [9.17, 15) is 29.1 Å². The highest BCUT2D eigenvalue weighted by Crippen LogP contribution is 2.04. The zero-order valence-electron chi connectivity index (χ0n) is 24.3. The summed E-state index contributed by atoms with van der Waals surface area (Å²) in [7, 11) is 0. The molecule has 0 fully saturated rings. The molecular formula is C31H36N6O6. The first-order chi connectivity index (χ1) is 20.6. The fourth-order valence-corrected chi connectivity index (χ4v) is 3.56. The number of hydrogen-bond acceptors (Lipinski definition) is 7. The fourth-order valence-electron chi connectivity index (χ4n) is 3.56. The van der Waals surface area contributed by atoms with Crippen LogP contribution < -0.4 is 0 Å². The van der Waals surface area contributed by atoms with E-state index in [0.717, 1.165) is 19.6 Å². The second-order valence-electron chi connectivity index (χ2n) is 8.80. The molecule has 0 aliphatic carbocycles. The Kier molecular flexibility index (Phi) is 18.7. The third-order valence-corrected chi connectivity index (χ3v) is 5.81. The molecule has 5 amide bonds. The van der Waals surface area contributed by atoms with Crippen LogP contribution in [-0.2, 0) is 24.0 Å².